The van der Waals surface area contributed by atoms with Gasteiger partial charge >= 0.3 is 12.4 Å². The van der Waals surface area contributed by atoms with Crippen molar-refractivity contribution in [3.05, 3.63) is 28.5 Å². The number of carbonyl (C=O) groups is 2. The first-order valence-electron chi connectivity index (χ1n) is 12.0. The van der Waals surface area contributed by atoms with Crippen LogP contribution in [-0.2, 0) is 10.9 Å². The number of aromatic nitrogens is 2. The molecule has 0 aliphatic carbocycles. The van der Waals surface area contributed by atoms with Gasteiger partial charge in [-0.1, -0.05) is 0 Å². The van der Waals surface area contributed by atoms with E-state index >= 15 is 0 Å². The van der Waals surface area contributed by atoms with Gasteiger partial charge in [0.05, 0.1) is 35.8 Å². The number of thiazole rings is 1. The number of alkyl halides is 6. The molecule has 3 N–H and O–H groups in total. The molecule has 4 rings (SSSR count). The first-order valence-corrected chi connectivity index (χ1v) is 12.8. The zero-order valence-corrected chi connectivity index (χ0v) is 21.5. The maximum atomic E-state index is 14.2. The van der Waals surface area contributed by atoms with E-state index in [2.05, 4.69) is 15.3 Å². The summed E-state index contributed by atoms with van der Waals surface area (Å²) in [5.74, 6) is -2.19. The number of likely N-dealkylation sites (tertiary alicyclic amines) is 1. The number of rotatable bonds is 6. The molecule has 2 aromatic heterocycles. The summed E-state index contributed by atoms with van der Waals surface area (Å²) in [5, 5.41) is 14.0. The number of hydrogen-bond donors (Lipinski definition) is 3. The van der Waals surface area contributed by atoms with Crippen molar-refractivity contribution in [1.29, 1.82) is 0 Å². The van der Waals surface area contributed by atoms with E-state index in [0.29, 0.717) is 43.0 Å². The number of aliphatic hydroxyl groups excluding tert-OH is 1. The minimum absolute atomic E-state index is 0.00910. The summed E-state index contributed by atoms with van der Waals surface area (Å²) in [7, 11) is 0. The normalized spacial score (nSPS) is 22.7. The average Bonchev–Trinajstić information content (AvgIpc) is 3.58. The van der Waals surface area contributed by atoms with Gasteiger partial charge in [-0.25, -0.2) is 9.97 Å². The number of hydrogen-bond acceptors (Lipinski definition) is 8. The van der Waals surface area contributed by atoms with Crippen molar-refractivity contribution in [2.24, 2.45) is 0 Å². The zero-order chi connectivity index (χ0) is 28.7. The summed E-state index contributed by atoms with van der Waals surface area (Å²) in [4.78, 5) is 35.3. The topological polar surface area (TPSA) is 117 Å². The minimum Gasteiger partial charge on any atom is -0.388 e. The number of halogens is 6. The SMILES string of the molecule is C[C@H](Nc1cc(C(F)(F)F)c(-c2sc(C(=O)N[C@@H]3COC[C@@H]3O)nc2C(=O)N2CCC[C@@H]2C)cn1)C(F)(F)F. The lowest BCUT2D eigenvalue weighted by Gasteiger charge is -2.22. The second kappa shape index (κ2) is 10.9. The summed E-state index contributed by atoms with van der Waals surface area (Å²) in [5.41, 5.74) is -2.37. The predicted octanol–water partition coefficient (Wildman–Crippen LogP) is 3.70. The molecule has 2 aromatic rings. The van der Waals surface area contributed by atoms with Gasteiger partial charge in [0.15, 0.2) is 5.01 Å². The Hall–Kier alpha value is -2.98. The standard InChI is InChI=1S/C23H25F6N5O4S/c1-10-4-3-5-34(10)21(37)17-18(39-20(33-17)19(36)32-14-8-38-9-15(14)35)12-7-30-16(6-13(12)23(27,28)29)31-11(2)22(24,25)26/h6-7,10-11,14-15,35H,3-5,8-9H2,1-2H3,(H,30,31)(H,32,36)/t10-,11-,14+,15-/m0/s1. The van der Waals surface area contributed by atoms with Crippen LogP contribution in [0, 0.1) is 0 Å². The molecule has 0 aromatic carbocycles. The fourth-order valence-electron chi connectivity index (χ4n) is 4.28. The van der Waals surface area contributed by atoms with E-state index in [1.54, 1.807) is 6.92 Å². The van der Waals surface area contributed by atoms with E-state index in [0.717, 1.165) is 6.92 Å². The van der Waals surface area contributed by atoms with Crippen LogP contribution in [0.25, 0.3) is 10.4 Å². The first-order chi connectivity index (χ1) is 18.2. The minimum atomic E-state index is -5.05. The van der Waals surface area contributed by atoms with E-state index < -0.39 is 65.0 Å². The maximum absolute atomic E-state index is 14.2. The molecule has 2 aliphatic heterocycles. The molecule has 16 heteroatoms. The monoisotopic (exact) mass is 581 g/mol. The van der Waals surface area contributed by atoms with Crippen LogP contribution in [-0.4, -0.2) is 82.0 Å². The van der Waals surface area contributed by atoms with E-state index in [1.165, 1.54) is 4.90 Å². The van der Waals surface area contributed by atoms with Crippen LogP contribution in [0.4, 0.5) is 32.2 Å². The van der Waals surface area contributed by atoms with E-state index in [9.17, 15) is 41.0 Å². The highest BCUT2D eigenvalue weighted by Crippen LogP contribution is 2.42. The highest BCUT2D eigenvalue weighted by Gasteiger charge is 2.40. The zero-order valence-electron chi connectivity index (χ0n) is 20.7. The summed E-state index contributed by atoms with van der Waals surface area (Å²) in [6.45, 7) is 2.84. The summed E-state index contributed by atoms with van der Waals surface area (Å²) in [6, 6.07) is -2.75. The van der Waals surface area contributed by atoms with Gasteiger partial charge in [0.25, 0.3) is 11.8 Å². The van der Waals surface area contributed by atoms with Crippen LogP contribution in [0.5, 0.6) is 0 Å². The number of aliphatic hydroxyl groups is 1. The number of carbonyl (C=O) groups excluding carboxylic acids is 2. The fraction of sp³-hybridized carbons (Fsp3) is 0.565. The second-order valence-corrected chi connectivity index (χ2v) is 10.4. The Balaban J connectivity index is 1.78. The van der Waals surface area contributed by atoms with Crippen LogP contribution < -0.4 is 10.6 Å². The van der Waals surface area contributed by atoms with Crippen LogP contribution in [0.15, 0.2) is 12.3 Å². The van der Waals surface area contributed by atoms with Crippen LogP contribution in [0.1, 0.15) is 52.5 Å². The molecule has 2 aliphatic rings. The molecule has 214 valence electrons. The van der Waals surface area contributed by atoms with Gasteiger partial charge in [0.2, 0.25) is 0 Å². The smallest absolute Gasteiger partial charge is 0.388 e. The number of nitrogens with zero attached hydrogens (tertiary/aromatic N) is 3. The largest absolute Gasteiger partial charge is 0.417 e. The molecule has 2 saturated heterocycles. The Morgan fingerprint density at radius 2 is 1.95 bits per heavy atom. The van der Waals surface area contributed by atoms with Gasteiger partial charge < -0.3 is 25.4 Å². The molecule has 2 amide bonds. The van der Waals surface area contributed by atoms with Gasteiger partial charge in [0, 0.05) is 24.3 Å². The van der Waals surface area contributed by atoms with E-state index in [4.69, 9.17) is 4.74 Å². The summed E-state index contributed by atoms with van der Waals surface area (Å²) >= 11 is 0.514. The first kappa shape index (κ1) is 29.0. The van der Waals surface area contributed by atoms with E-state index in [1.807, 2.05) is 5.32 Å². The number of pyridine rings is 1. The van der Waals surface area contributed by atoms with Crippen molar-refractivity contribution in [3.8, 4) is 10.4 Å². The highest BCUT2D eigenvalue weighted by molar-refractivity contribution is 7.17. The molecular weight excluding hydrogens is 556 g/mol. The maximum Gasteiger partial charge on any atom is 0.417 e. The molecule has 9 nitrogen and oxygen atoms in total. The lowest BCUT2D eigenvalue weighted by atomic mass is 10.1. The quantitative estimate of drug-likeness (QED) is 0.446. The lowest BCUT2D eigenvalue weighted by molar-refractivity contribution is -0.138. The summed E-state index contributed by atoms with van der Waals surface area (Å²) in [6.07, 6.45) is -8.72. The Bertz CT molecular complexity index is 1240. The van der Waals surface area contributed by atoms with Crippen molar-refractivity contribution in [2.75, 3.05) is 25.1 Å². The van der Waals surface area contributed by atoms with Crippen molar-refractivity contribution in [3.63, 3.8) is 0 Å². The third kappa shape index (κ3) is 6.27. The average molecular weight is 582 g/mol. The van der Waals surface area contributed by atoms with Crippen LogP contribution in [0.3, 0.4) is 0 Å². The molecule has 4 atom stereocenters. The van der Waals surface area contributed by atoms with Gasteiger partial charge in [0.1, 0.15) is 17.6 Å². The molecular formula is C23H25F6N5O4S. The lowest BCUT2D eigenvalue weighted by Crippen LogP contribution is -2.42. The van der Waals surface area contributed by atoms with Crippen LogP contribution >= 0.6 is 11.3 Å². The Labute approximate surface area is 222 Å². The molecule has 39 heavy (non-hydrogen) atoms. The molecule has 0 saturated carbocycles. The molecule has 0 spiro atoms. The number of nitrogens with one attached hydrogen (secondary N) is 2. The number of anilines is 1. The number of ether oxygens (including phenoxy) is 1. The molecule has 0 bridgehead atoms. The van der Waals surface area contributed by atoms with Gasteiger partial charge in [-0.05, 0) is 32.8 Å². The van der Waals surface area contributed by atoms with Crippen LogP contribution in [0.2, 0.25) is 0 Å². The van der Waals surface area contributed by atoms with Gasteiger partial charge in [-0.3, -0.25) is 9.59 Å². The predicted molar refractivity (Wildman–Crippen MR) is 127 cm³/mol. The van der Waals surface area contributed by atoms with Crippen molar-refractivity contribution in [2.45, 2.75) is 63.3 Å². The van der Waals surface area contributed by atoms with E-state index in [-0.39, 0.29) is 29.1 Å². The second-order valence-electron chi connectivity index (χ2n) is 9.39. The Morgan fingerprint density at radius 1 is 1.23 bits per heavy atom. The molecule has 0 unspecified atom stereocenters. The van der Waals surface area contributed by atoms with Crippen molar-refractivity contribution >= 4 is 29.0 Å². The number of amides is 2. The molecule has 4 heterocycles. The highest BCUT2D eigenvalue weighted by atomic mass is 32.1. The molecule has 2 fully saturated rings. The molecule has 0 radical (unpaired) electrons. The fourth-order valence-corrected chi connectivity index (χ4v) is 5.26. The third-order valence-corrected chi connectivity index (χ3v) is 7.60. The van der Waals surface area contributed by atoms with Crippen molar-refractivity contribution < 1.29 is 45.8 Å². The van der Waals surface area contributed by atoms with Gasteiger partial charge in [-0.2, -0.15) is 26.3 Å². The summed E-state index contributed by atoms with van der Waals surface area (Å²) < 4.78 is 86.4. The Morgan fingerprint density at radius 3 is 2.51 bits per heavy atom. The van der Waals surface area contributed by atoms with Crippen molar-refractivity contribution in [1.82, 2.24) is 20.2 Å². The third-order valence-electron chi connectivity index (χ3n) is 6.51. The van der Waals surface area contributed by atoms with Gasteiger partial charge in [-0.15, -0.1) is 11.3 Å². The Kier molecular flexibility index (Phi) is 8.10.